The second kappa shape index (κ2) is 7.73. The Kier molecular flexibility index (Phi) is 5.43. The van der Waals surface area contributed by atoms with Gasteiger partial charge in [-0.3, -0.25) is 4.79 Å². The number of sulfone groups is 1. The Labute approximate surface area is 199 Å². The van der Waals surface area contributed by atoms with Crippen molar-refractivity contribution in [3.8, 4) is 5.75 Å². The van der Waals surface area contributed by atoms with Crippen LogP contribution in [0, 0.1) is 34.5 Å². The van der Waals surface area contributed by atoms with E-state index < -0.39 is 9.84 Å². The van der Waals surface area contributed by atoms with E-state index in [2.05, 4.69) is 20.8 Å². The summed E-state index contributed by atoms with van der Waals surface area (Å²) in [5.74, 6) is 3.43. The maximum atomic E-state index is 13.0. The highest BCUT2D eigenvalue weighted by Crippen LogP contribution is 2.66. The van der Waals surface area contributed by atoms with Crippen LogP contribution in [0.5, 0.6) is 5.75 Å². The Morgan fingerprint density at radius 2 is 1.76 bits per heavy atom. The molecule has 1 saturated heterocycles. The summed E-state index contributed by atoms with van der Waals surface area (Å²) < 4.78 is 30.3. The normalized spacial score (nSPS) is 42.9. The third kappa shape index (κ3) is 3.54. The second-order valence-electron chi connectivity index (χ2n) is 12.0. The van der Waals surface area contributed by atoms with E-state index >= 15 is 0 Å². The van der Waals surface area contributed by atoms with E-state index in [1.807, 2.05) is 11.9 Å². The zero-order valence-corrected chi connectivity index (χ0v) is 21.5. The van der Waals surface area contributed by atoms with Gasteiger partial charge in [0.05, 0.1) is 11.3 Å². The molecule has 1 aliphatic heterocycles. The van der Waals surface area contributed by atoms with Crippen LogP contribution in [0.15, 0.2) is 29.2 Å². The quantitative estimate of drug-likeness (QED) is 0.623. The predicted octanol–water partition coefficient (Wildman–Crippen LogP) is 4.95. The summed E-state index contributed by atoms with van der Waals surface area (Å²) in [6, 6.07) is 6.89. The van der Waals surface area contributed by atoms with Crippen LogP contribution in [0.1, 0.15) is 65.7 Å². The van der Waals surface area contributed by atoms with Gasteiger partial charge in [-0.15, -0.1) is 0 Å². The van der Waals surface area contributed by atoms with Gasteiger partial charge in [0.25, 0.3) is 0 Å². The first kappa shape index (κ1) is 23.2. The van der Waals surface area contributed by atoms with Gasteiger partial charge in [-0.1, -0.05) is 27.2 Å². The molecule has 8 atom stereocenters. The minimum absolute atomic E-state index is 0.112. The van der Waals surface area contributed by atoms with Crippen LogP contribution < -0.4 is 4.74 Å². The monoisotopic (exact) mass is 473 g/mol. The van der Waals surface area contributed by atoms with Crippen LogP contribution in [-0.4, -0.2) is 44.7 Å². The number of piperidine rings is 1. The van der Waals surface area contributed by atoms with Gasteiger partial charge in [0.2, 0.25) is 5.91 Å². The lowest BCUT2D eigenvalue weighted by Crippen LogP contribution is -2.68. The van der Waals surface area contributed by atoms with Gasteiger partial charge >= 0.3 is 0 Å². The molecule has 1 aromatic carbocycles. The number of hydrogen-bond acceptors (Lipinski definition) is 4. The molecule has 0 bridgehead atoms. The van der Waals surface area contributed by atoms with E-state index in [4.69, 9.17) is 4.74 Å². The fourth-order valence-electron chi connectivity index (χ4n) is 8.54. The zero-order valence-electron chi connectivity index (χ0n) is 20.7. The van der Waals surface area contributed by atoms with Crippen molar-refractivity contribution in [1.82, 2.24) is 4.90 Å². The zero-order chi connectivity index (χ0) is 23.8. The third-order valence-electron chi connectivity index (χ3n) is 10.3. The summed E-state index contributed by atoms with van der Waals surface area (Å²) in [7, 11) is -1.27. The summed E-state index contributed by atoms with van der Waals surface area (Å²) in [4.78, 5) is 15.3. The number of amides is 1. The highest BCUT2D eigenvalue weighted by molar-refractivity contribution is 7.90. The summed E-state index contributed by atoms with van der Waals surface area (Å²) in [6.07, 6.45) is 8.99. The molecular formula is C27H39NO4S. The second-order valence-corrected chi connectivity index (χ2v) is 14.0. The van der Waals surface area contributed by atoms with Crippen LogP contribution in [0.3, 0.4) is 0 Å². The topological polar surface area (TPSA) is 63.7 Å². The fraction of sp³-hybridized carbons (Fsp3) is 0.741. The van der Waals surface area contributed by atoms with Crippen LogP contribution in [0.4, 0.5) is 0 Å². The number of benzene rings is 1. The van der Waals surface area contributed by atoms with E-state index in [-0.39, 0.29) is 28.4 Å². The van der Waals surface area contributed by atoms with Gasteiger partial charge in [0.1, 0.15) is 11.9 Å². The largest absolute Gasteiger partial charge is 0.489 e. The predicted molar refractivity (Wildman–Crippen MR) is 129 cm³/mol. The van der Waals surface area contributed by atoms with Gasteiger partial charge in [-0.2, -0.15) is 0 Å². The van der Waals surface area contributed by atoms with E-state index in [9.17, 15) is 13.2 Å². The molecule has 5 nitrogen and oxygen atoms in total. The van der Waals surface area contributed by atoms with Crippen molar-refractivity contribution in [2.45, 2.75) is 82.8 Å². The molecule has 0 aromatic heterocycles. The van der Waals surface area contributed by atoms with Crippen molar-refractivity contribution in [1.29, 1.82) is 0 Å². The first-order chi connectivity index (χ1) is 15.4. The summed E-state index contributed by atoms with van der Waals surface area (Å²) >= 11 is 0. The van der Waals surface area contributed by atoms with Gasteiger partial charge in [-0.25, -0.2) is 8.42 Å². The lowest BCUT2D eigenvalue weighted by Gasteiger charge is -2.64. The molecule has 5 rings (SSSR count). The van der Waals surface area contributed by atoms with Crippen LogP contribution in [0.2, 0.25) is 0 Å². The van der Waals surface area contributed by atoms with Crippen molar-refractivity contribution in [3.63, 3.8) is 0 Å². The maximum absolute atomic E-state index is 13.0. The lowest BCUT2D eigenvalue weighted by molar-refractivity contribution is -0.189. The van der Waals surface area contributed by atoms with Gasteiger partial charge < -0.3 is 9.64 Å². The SMILES string of the molecule is CC1CC2N(C)C(=O)CC(Oc3ccc(S(C)(=O)=O)cc3)[C@]2(C)[C@@H]2CC[C@]3(C)CCC[C@H]3[C@H]12. The number of rotatable bonds is 3. The van der Waals surface area contributed by atoms with Crippen molar-refractivity contribution in [2.24, 2.45) is 34.5 Å². The molecule has 1 amide bonds. The number of likely N-dealkylation sites (tertiary alicyclic amines) is 1. The molecule has 33 heavy (non-hydrogen) atoms. The molecular weight excluding hydrogens is 434 g/mol. The molecule has 3 saturated carbocycles. The molecule has 3 unspecified atom stereocenters. The molecule has 0 spiro atoms. The summed E-state index contributed by atoms with van der Waals surface area (Å²) in [6.45, 7) is 7.33. The molecule has 0 radical (unpaired) electrons. The van der Waals surface area contributed by atoms with E-state index in [0.717, 1.165) is 12.3 Å². The molecule has 1 aromatic rings. The number of ether oxygens (including phenoxy) is 1. The number of fused-ring (bicyclic) bond motifs is 5. The van der Waals surface area contributed by atoms with Crippen molar-refractivity contribution in [3.05, 3.63) is 24.3 Å². The first-order valence-electron chi connectivity index (χ1n) is 12.7. The minimum Gasteiger partial charge on any atom is -0.489 e. The van der Waals surface area contributed by atoms with E-state index in [0.29, 0.717) is 35.3 Å². The van der Waals surface area contributed by atoms with Crippen LogP contribution in [0.25, 0.3) is 0 Å². The van der Waals surface area contributed by atoms with Crippen molar-refractivity contribution < 1.29 is 17.9 Å². The Morgan fingerprint density at radius 1 is 1.06 bits per heavy atom. The Morgan fingerprint density at radius 3 is 2.42 bits per heavy atom. The Balaban J connectivity index is 1.50. The summed E-state index contributed by atoms with van der Waals surface area (Å²) in [5.41, 5.74) is 0.367. The van der Waals surface area contributed by atoms with Crippen LogP contribution >= 0.6 is 0 Å². The number of nitrogens with zero attached hydrogens (tertiary/aromatic N) is 1. The van der Waals surface area contributed by atoms with Crippen LogP contribution in [-0.2, 0) is 14.6 Å². The number of carbonyl (C=O) groups is 1. The fourth-order valence-corrected chi connectivity index (χ4v) is 9.17. The molecule has 1 heterocycles. The average molecular weight is 474 g/mol. The highest BCUT2D eigenvalue weighted by atomic mass is 32.2. The van der Waals surface area contributed by atoms with Gasteiger partial charge in [0, 0.05) is 24.8 Å². The number of carbonyl (C=O) groups excluding carboxylic acids is 1. The molecule has 182 valence electrons. The van der Waals surface area contributed by atoms with E-state index in [1.54, 1.807) is 24.3 Å². The smallest absolute Gasteiger partial charge is 0.226 e. The van der Waals surface area contributed by atoms with Crippen molar-refractivity contribution >= 4 is 15.7 Å². The molecule has 6 heteroatoms. The van der Waals surface area contributed by atoms with Crippen molar-refractivity contribution in [2.75, 3.05) is 13.3 Å². The lowest BCUT2D eigenvalue weighted by atomic mass is 9.44. The van der Waals surface area contributed by atoms with E-state index in [1.165, 1.54) is 38.4 Å². The minimum atomic E-state index is -3.25. The Bertz CT molecular complexity index is 1040. The number of hydrogen-bond donors (Lipinski definition) is 0. The standard InChI is InChI=1S/C27H39NO4S/c1-17-15-22-27(3,21-12-14-26(2)13-6-7-20(26)25(17)21)23(16-24(29)28(22)4)32-18-8-10-19(11-9-18)33(5,30)31/h8-11,17,20-23,25H,6-7,12-16H2,1-5H3/t17?,20-,21+,22?,23?,25-,26-,27+/m0/s1. The molecule has 0 N–H and O–H groups in total. The molecule has 4 fully saturated rings. The first-order valence-corrected chi connectivity index (χ1v) is 14.6. The highest BCUT2D eigenvalue weighted by Gasteiger charge is 2.64. The Hall–Kier alpha value is -1.56. The molecule has 3 aliphatic carbocycles. The van der Waals surface area contributed by atoms with Gasteiger partial charge in [0.15, 0.2) is 9.84 Å². The summed E-state index contributed by atoms with van der Waals surface area (Å²) in [5, 5.41) is 0. The maximum Gasteiger partial charge on any atom is 0.226 e. The van der Waals surface area contributed by atoms with Gasteiger partial charge in [-0.05, 0) is 85.5 Å². The average Bonchev–Trinajstić information content (AvgIpc) is 3.15. The third-order valence-corrected chi connectivity index (χ3v) is 11.5. The molecule has 4 aliphatic rings.